The van der Waals surface area contributed by atoms with Crippen LogP contribution in [0.4, 0.5) is 0 Å². The molecule has 0 heterocycles. The van der Waals surface area contributed by atoms with Crippen molar-refractivity contribution >= 4 is 0 Å². The van der Waals surface area contributed by atoms with E-state index in [1.807, 2.05) is 18.2 Å². The smallest absolute Gasteiger partial charge is 0.122 e. The molecule has 1 aromatic carbocycles. The van der Waals surface area contributed by atoms with Crippen LogP contribution >= 0.6 is 0 Å². The van der Waals surface area contributed by atoms with Crippen LogP contribution in [-0.2, 0) is 6.42 Å². The van der Waals surface area contributed by atoms with Crippen LogP contribution in [-0.4, -0.2) is 17.8 Å². The highest BCUT2D eigenvalue weighted by atomic mass is 16.5. The number of methoxy groups -OCH3 is 1. The van der Waals surface area contributed by atoms with Crippen LogP contribution in [0.3, 0.4) is 0 Å². The Bertz CT molecular complexity index is 423. The minimum absolute atomic E-state index is 0.633. The molecule has 2 heteroatoms. The Labute approximate surface area is 103 Å². The number of aliphatic hydroxyl groups is 1. The maximum atomic E-state index is 10.5. The largest absolute Gasteiger partial charge is 0.496 e. The normalized spacial score (nSPS) is 23.7. The molecule has 1 atom stereocenters. The summed E-state index contributed by atoms with van der Waals surface area (Å²) >= 11 is 0. The van der Waals surface area contributed by atoms with Crippen molar-refractivity contribution in [3.8, 4) is 5.75 Å². The Hall–Kier alpha value is -1.28. The fourth-order valence-electron chi connectivity index (χ4n) is 2.43. The zero-order valence-electron chi connectivity index (χ0n) is 10.6. The van der Waals surface area contributed by atoms with Crippen molar-refractivity contribution < 1.29 is 9.84 Å². The summed E-state index contributed by atoms with van der Waals surface area (Å²) in [6.07, 6.45) is 7.62. The van der Waals surface area contributed by atoms with Gasteiger partial charge in [0.15, 0.2) is 0 Å². The number of hydrogen-bond acceptors (Lipinski definition) is 2. The van der Waals surface area contributed by atoms with Crippen LogP contribution in [0.2, 0.25) is 0 Å². The molecule has 1 aromatic rings. The molecule has 17 heavy (non-hydrogen) atoms. The SMILES string of the molecule is COc1ccc(C)cc1CC1(O)C=CCCC1. The predicted octanol–water partition coefficient (Wildman–Crippen LogP) is 3.02. The second-order valence-corrected chi connectivity index (χ2v) is 4.89. The van der Waals surface area contributed by atoms with Gasteiger partial charge in [-0.1, -0.05) is 29.8 Å². The molecule has 92 valence electrons. The molecule has 0 fully saturated rings. The molecule has 0 aromatic heterocycles. The lowest BCUT2D eigenvalue weighted by Gasteiger charge is -2.28. The van der Waals surface area contributed by atoms with E-state index in [4.69, 9.17) is 4.74 Å². The lowest BCUT2D eigenvalue weighted by molar-refractivity contribution is 0.0744. The van der Waals surface area contributed by atoms with Gasteiger partial charge in [-0.25, -0.2) is 0 Å². The van der Waals surface area contributed by atoms with Gasteiger partial charge in [0.25, 0.3) is 0 Å². The Morgan fingerprint density at radius 1 is 1.41 bits per heavy atom. The summed E-state index contributed by atoms with van der Waals surface area (Å²) in [6.45, 7) is 2.06. The van der Waals surface area contributed by atoms with E-state index < -0.39 is 5.60 Å². The first-order valence-electron chi connectivity index (χ1n) is 6.16. The summed E-state index contributed by atoms with van der Waals surface area (Å²) in [7, 11) is 1.68. The van der Waals surface area contributed by atoms with Crippen molar-refractivity contribution in [2.45, 2.75) is 38.2 Å². The van der Waals surface area contributed by atoms with E-state index in [-0.39, 0.29) is 0 Å². The van der Waals surface area contributed by atoms with Crippen molar-refractivity contribution in [3.05, 3.63) is 41.5 Å². The van der Waals surface area contributed by atoms with E-state index in [1.54, 1.807) is 7.11 Å². The Kier molecular flexibility index (Phi) is 3.53. The lowest BCUT2D eigenvalue weighted by atomic mass is 9.85. The first-order chi connectivity index (χ1) is 8.13. The number of ether oxygens (including phenoxy) is 1. The van der Waals surface area contributed by atoms with E-state index in [9.17, 15) is 5.11 Å². The maximum absolute atomic E-state index is 10.5. The van der Waals surface area contributed by atoms with E-state index in [0.717, 1.165) is 30.6 Å². The third-order valence-electron chi connectivity index (χ3n) is 3.34. The highest BCUT2D eigenvalue weighted by Crippen LogP contribution is 2.30. The third kappa shape index (κ3) is 2.89. The first kappa shape index (κ1) is 12.2. The van der Waals surface area contributed by atoms with Crippen LogP contribution in [0.5, 0.6) is 5.75 Å². The lowest BCUT2D eigenvalue weighted by Crippen LogP contribution is -2.30. The van der Waals surface area contributed by atoms with Gasteiger partial charge in [-0.05, 0) is 37.8 Å². The average molecular weight is 232 g/mol. The van der Waals surface area contributed by atoms with E-state index >= 15 is 0 Å². The molecule has 0 saturated heterocycles. The molecule has 0 amide bonds. The van der Waals surface area contributed by atoms with Crippen LogP contribution in [0.1, 0.15) is 30.4 Å². The molecule has 1 aliphatic carbocycles. The van der Waals surface area contributed by atoms with Crippen LogP contribution < -0.4 is 4.74 Å². The van der Waals surface area contributed by atoms with E-state index in [1.165, 1.54) is 5.56 Å². The minimum atomic E-state index is -0.695. The van der Waals surface area contributed by atoms with Gasteiger partial charge in [0, 0.05) is 6.42 Å². The standard InChI is InChI=1S/C15H20O2/c1-12-6-7-14(17-2)13(10-12)11-15(16)8-4-3-5-9-15/h4,6-8,10,16H,3,5,9,11H2,1-2H3. The van der Waals surface area contributed by atoms with Gasteiger partial charge in [0.05, 0.1) is 12.7 Å². The fourth-order valence-corrected chi connectivity index (χ4v) is 2.43. The molecule has 1 N–H and O–H groups in total. The average Bonchev–Trinajstić information content (AvgIpc) is 2.29. The van der Waals surface area contributed by atoms with Gasteiger partial charge in [-0.3, -0.25) is 0 Å². The monoisotopic (exact) mass is 232 g/mol. The summed E-state index contributed by atoms with van der Waals surface area (Å²) < 4.78 is 5.35. The number of allylic oxidation sites excluding steroid dienone is 1. The zero-order chi connectivity index (χ0) is 12.3. The molecule has 1 unspecified atom stereocenters. The first-order valence-corrected chi connectivity index (χ1v) is 6.16. The van der Waals surface area contributed by atoms with Gasteiger partial charge in [0.2, 0.25) is 0 Å². The Morgan fingerprint density at radius 3 is 2.88 bits per heavy atom. The number of rotatable bonds is 3. The van der Waals surface area contributed by atoms with Crippen LogP contribution in [0, 0.1) is 6.92 Å². The number of benzene rings is 1. The topological polar surface area (TPSA) is 29.5 Å². The quantitative estimate of drug-likeness (QED) is 0.812. The van der Waals surface area contributed by atoms with Gasteiger partial charge in [0.1, 0.15) is 5.75 Å². The van der Waals surface area contributed by atoms with Crippen molar-refractivity contribution in [2.75, 3.05) is 7.11 Å². The number of aryl methyl sites for hydroxylation is 1. The molecule has 2 nitrogen and oxygen atoms in total. The molecule has 0 spiro atoms. The van der Waals surface area contributed by atoms with E-state index in [2.05, 4.69) is 19.1 Å². The molecule has 0 saturated carbocycles. The molecule has 0 bridgehead atoms. The van der Waals surface area contributed by atoms with Crippen LogP contribution in [0.15, 0.2) is 30.4 Å². The molecular formula is C15H20O2. The highest BCUT2D eigenvalue weighted by molar-refractivity contribution is 5.38. The molecule has 0 radical (unpaired) electrons. The summed E-state index contributed by atoms with van der Waals surface area (Å²) in [5.74, 6) is 0.864. The van der Waals surface area contributed by atoms with E-state index in [0.29, 0.717) is 6.42 Å². The van der Waals surface area contributed by atoms with Crippen LogP contribution in [0.25, 0.3) is 0 Å². The highest BCUT2D eigenvalue weighted by Gasteiger charge is 2.26. The van der Waals surface area contributed by atoms with Gasteiger partial charge < -0.3 is 9.84 Å². The van der Waals surface area contributed by atoms with Crippen molar-refractivity contribution in [1.29, 1.82) is 0 Å². The molecule has 2 rings (SSSR count). The van der Waals surface area contributed by atoms with Gasteiger partial charge in [-0.15, -0.1) is 0 Å². The van der Waals surface area contributed by atoms with Crippen molar-refractivity contribution in [1.82, 2.24) is 0 Å². The second kappa shape index (κ2) is 4.92. The summed E-state index contributed by atoms with van der Waals surface area (Å²) in [4.78, 5) is 0. The van der Waals surface area contributed by atoms with Gasteiger partial charge in [-0.2, -0.15) is 0 Å². The number of hydrogen-bond donors (Lipinski definition) is 1. The molecular weight excluding hydrogens is 212 g/mol. The fraction of sp³-hybridized carbons (Fsp3) is 0.467. The summed E-state index contributed by atoms with van der Waals surface area (Å²) in [5.41, 5.74) is 1.59. The summed E-state index contributed by atoms with van der Waals surface area (Å²) in [5, 5.41) is 10.5. The van der Waals surface area contributed by atoms with Crippen molar-refractivity contribution in [3.63, 3.8) is 0 Å². The minimum Gasteiger partial charge on any atom is -0.496 e. The molecule has 0 aliphatic heterocycles. The zero-order valence-corrected chi connectivity index (χ0v) is 10.6. The Balaban J connectivity index is 2.25. The maximum Gasteiger partial charge on any atom is 0.122 e. The third-order valence-corrected chi connectivity index (χ3v) is 3.34. The Morgan fingerprint density at radius 2 is 2.24 bits per heavy atom. The van der Waals surface area contributed by atoms with Gasteiger partial charge >= 0.3 is 0 Å². The molecule has 1 aliphatic rings. The summed E-state index contributed by atoms with van der Waals surface area (Å²) in [6, 6.07) is 6.10. The predicted molar refractivity (Wildman–Crippen MR) is 69.4 cm³/mol. The van der Waals surface area contributed by atoms with Crippen molar-refractivity contribution in [2.24, 2.45) is 0 Å². The second-order valence-electron chi connectivity index (χ2n) is 4.89.